The Hall–Kier alpha value is -0.420. The molecule has 5 heteroatoms. The molecule has 1 atom stereocenters. The molecule has 0 spiro atoms. The number of rotatable bonds is 1. The minimum atomic E-state index is -4.24. The fraction of sp³-hybridized carbons (Fsp3) is 0.500. The van der Waals surface area contributed by atoms with Gasteiger partial charge in [-0.1, -0.05) is 37.0 Å². The molecule has 0 aromatic heterocycles. The van der Waals surface area contributed by atoms with Crippen LogP contribution in [0, 0.1) is 12.8 Å². The van der Waals surface area contributed by atoms with E-state index in [1.807, 2.05) is 19.1 Å². The topological polar surface area (TPSA) is 0 Å². The van der Waals surface area contributed by atoms with Crippen LogP contribution in [-0.2, 0) is 0 Å². The molecule has 3 rings (SSSR count). The van der Waals surface area contributed by atoms with Gasteiger partial charge < -0.3 is 0 Å². The summed E-state index contributed by atoms with van der Waals surface area (Å²) in [6, 6.07) is 5.32. The maximum absolute atomic E-state index is 13.9. The van der Waals surface area contributed by atoms with Crippen LogP contribution in [0.3, 0.4) is 0 Å². The van der Waals surface area contributed by atoms with Crippen LogP contribution in [0.25, 0.3) is 6.08 Å². The third-order valence-corrected chi connectivity index (χ3v) is 10.4. The van der Waals surface area contributed by atoms with E-state index < -0.39 is 14.0 Å². The number of allylic oxidation sites excluding steroid dienone is 1. The number of halogens is 4. The molecule has 2 aliphatic rings. The largest absolute Gasteiger partial charge is 0.442 e. The van der Waals surface area contributed by atoms with Gasteiger partial charge in [-0.25, -0.2) is 0 Å². The lowest BCUT2D eigenvalue weighted by atomic mass is 9.88. The lowest BCUT2D eigenvalue weighted by molar-refractivity contribution is -0.0357. The standard InChI is InChI=1S/C16H18BrF3S/c1-11-7-8-14-13(9-11)10-15(12-5-3-2-4-6-12)21(14,17)16(18,19)20/h7-10,12H,2-6H2,1H3. The van der Waals surface area contributed by atoms with Gasteiger partial charge in [0.2, 0.25) is 0 Å². The lowest BCUT2D eigenvalue weighted by Gasteiger charge is -2.39. The molecule has 1 unspecified atom stereocenters. The molecule has 1 aliphatic heterocycles. The summed E-state index contributed by atoms with van der Waals surface area (Å²) < 4.78 is 41.6. The van der Waals surface area contributed by atoms with E-state index in [1.54, 1.807) is 12.1 Å². The molecular formula is C16H18BrF3S. The monoisotopic (exact) mass is 378 g/mol. The number of aryl methyl sites for hydroxylation is 1. The van der Waals surface area contributed by atoms with Crippen molar-refractivity contribution in [3.63, 3.8) is 0 Å². The highest BCUT2D eigenvalue weighted by molar-refractivity contribution is 9.59. The Labute approximate surface area is 132 Å². The van der Waals surface area contributed by atoms with Gasteiger partial charge in [0, 0.05) is 4.90 Å². The molecule has 1 aromatic carbocycles. The number of hydrogen-bond acceptors (Lipinski definition) is 0. The molecule has 116 valence electrons. The van der Waals surface area contributed by atoms with Crippen molar-refractivity contribution in [2.75, 3.05) is 0 Å². The van der Waals surface area contributed by atoms with Crippen molar-refractivity contribution < 1.29 is 13.2 Å². The first kappa shape index (κ1) is 15.5. The lowest BCUT2D eigenvalue weighted by Crippen LogP contribution is -2.20. The summed E-state index contributed by atoms with van der Waals surface area (Å²) in [5.74, 6) is 0.0717. The molecule has 0 amide bonds. The first-order chi connectivity index (χ1) is 9.84. The normalized spacial score (nSPS) is 29.7. The van der Waals surface area contributed by atoms with Crippen LogP contribution in [-0.4, -0.2) is 5.51 Å². The van der Waals surface area contributed by atoms with Gasteiger partial charge >= 0.3 is 5.51 Å². The van der Waals surface area contributed by atoms with E-state index in [9.17, 15) is 13.2 Å². The highest BCUT2D eigenvalue weighted by Gasteiger charge is 2.56. The molecule has 1 saturated carbocycles. The molecule has 21 heavy (non-hydrogen) atoms. The van der Waals surface area contributed by atoms with E-state index in [0.717, 1.165) is 43.2 Å². The Bertz CT molecular complexity index is 588. The van der Waals surface area contributed by atoms with Gasteiger partial charge in [0.25, 0.3) is 0 Å². The van der Waals surface area contributed by atoms with Crippen molar-refractivity contribution in [3.05, 3.63) is 34.2 Å². The van der Waals surface area contributed by atoms with Crippen molar-refractivity contribution in [1.29, 1.82) is 0 Å². The van der Waals surface area contributed by atoms with Crippen LogP contribution in [0.15, 0.2) is 28.0 Å². The van der Waals surface area contributed by atoms with Gasteiger partial charge in [-0.3, -0.25) is 0 Å². The summed E-state index contributed by atoms with van der Waals surface area (Å²) in [7, 11) is -3.06. The zero-order valence-electron chi connectivity index (χ0n) is 11.8. The first-order valence-electron chi connectivity index (χ1n) is 7.25. The average Bonchev–Trinajstić information content (AvgIpc) is 2.73. The van der Waals surface area contributed by atoms with Gasteiger partial charge in [0.1, 0.15) is 0 Å². The highest BCUT2D eigenvalue weighted by atomic mass is 79.9. The van der Waals surface area contributed by atoms with Crippen LogP contribution in [0.5, 0.6) is 0 Å². The molecule has 0 radical (unpaired) electrons. The van der Waals surface area contributed by atoms with E-state index in [0.29, 0.717) is 9.80 Å². The number of hydrogen-bond donors (Lipinski definition) is 0. The number of alkyl halides is 3. The SMILES string of the molecule is Cc1ccc2c(c1)C=C(C1CCCCC1)S2(Br)C(F)(F)F. The molecule has 0 N–H and O–H groups in total. The Balaban J connectivity index is 2.11. The summed E-state index contributed by atoms with van der Waals surface area (Å²) in [6.07, 6.45) is 6.81. The minimum absolute atomic E-state index is 0.0717. The zero-order chi connectivity index (χ0) is 15.3. The molecule has 0 saturated heterocycles. The number of benzene rings is 1. The van der Waals surface area contributed by atoms with E-state index >= 15 is 0 Å². The second-order valence-corrected chi connectivity index (χ2v) is 11.3. The van der Waals surface area contributed by atoms with Crippen LogP contribution in [0.4, 0.5) is 13.2 Å². The van der Waals surface area contributed by atoms with Gasteiger partial charge in [0.05, 0.1) is 0 Å². The summed E-state index contributed by atoms with van der Waals surface area (Å²) in [5, 5.41) is 0. The maximum atomic E-state index is 13.9. The van der Waals surface area contributed by atoms with Crippen LogP contribution >= 0.6 is 23.3 Å². The van der Waals surface area contributed by atoms with E-state index in [1.165, 1.54) is 0 Å². The Kier molecular flexibility index (Phi) is 3.93. The van der Waals surface area contributed by atoms with Crippen LogP contribution in [0.2, 0.25) is 0 Å². The average molecular weight is 379 g/mol. The Morgan fingerprint density at radius 3 is 2.43 bits per heavy atom. The highest BCUT2D eigenvalue weighted by Crippen LogP contribution is 2.82. The Morgan fingerprint density at radius 2 is 1.81 bits per heavy atom. The summed E-state index contributed by atoms with van der Waals surface area (Å²) in [5.41, 5.74) is -2.48. The molecule has 1 fully saturated rings. The molecule has 1 aliphatic carbocycles. The van der Waals surface area contributed by atoms with Gasteiger partial charge in [-0.15, -0.1) is 0 Å². The molecule has 0 bridgehead atoms. The Morgan fingerprint density at radius 1 is 1.14 bits per heavy atom. The third-order valence-electron chi connectivity index (χ3n) is 4.42. The third kappa shape index (κ3) is 2.46. The second kappa shape index (κ2) is 5.34. The van der Waals surface area contributed by atoms with E-state index in [-0.39, 0.29) is 5.92 Å². The summed E-state index contributed by atoms with van der Waals surface area (Å²) in [6.45, 7) is 1.92. The van der Waals surface area contributed by atoms with Crippen LogP contribution in [0.1, 0.15) is 43.2 Å². The quantitative estimate of drug-likeness (QED) is 0.497. The predicted molar refractivity (Wildman–Crippen MR) is 86.6 cm³/mol. The van der Waals surface area contributed by atoms with Crippen molar-refractivity contribution >= 4 is 29.4 Å². The predicted octanol–water partition coefficient (Wildman–Crippen LogP) is 6.92. The molecular weight excluding hydrogens is 361 g/mol. The zero-order valence-corrected chi connectivity index (χ0v) is 14.2. The molecule has 1 heterocycles. The molecule has 0 nitrogen and oxygen atoms in total. The number of fused-ring (bicyclic) bond motifs is 1. The first-order valence-corrected chi connectivity index (χ1v) is 10.7. The summed E-state index contributed by atoms with van der Waals surface area (Å²) >= 11 is 3.18. The summed E-state index contributed by atoms with van der Waals surface area (Å²) in [4.78, 5) is 1.02. The second-order valence-electron chi connectivity index (χ2n) is 5.91. The van der Waals surface area contributed by atoms with Gasteiger partial charge in [0.15, 0.2) is 0 Å². The van der Waals surface area contributed by atoms with Gasteiger partial charge in [-0.05, 0) is 71.6 Å². The fourth-order valence-electron chi connectivity index (χ4n) is 3.39. The van der Waals surface area contributed by atoms with Crippen LogP contribution < -0.4 is 0 Å². The fourth-order valence-corrected chi connectivity index (χ4v) is 7.80. The van der Waals surface area contributed by atoms with E-state index in [2.05, 4.69) is 14.8 Å². The minimum Gasteiger partial charge on any atom is -0.160 e. The maximum Gasteiger partial charge on any atom is 0.442 e. The van der Waals surface area contributed by atoms with Crippen molar-refractivity contribution in [2.24, 2.45) is 5.92 Å². The van der Waals surface area contributed by atoms with Crippen molar-refractivity contribution in [2.45, 2.75) is 49.4 Å². The van der Waals surface area contributed by atoms with E-state index in [4.69, 9.17) is 0 Å². The van der Waals surface area contributed by atoms with Crippen molar-refractivity contribution in [3.8, 4) is 0 Å². The molecule has 1 aromatic rings. The smallest absolute Gasteiger partial charge is 0.160 e. The van der Waals surface area contributed by atoms with Crippen molar-refractivity contribution in [1.82, 2.24) is 0 Å². The van der Waals surface area contributed by atoms with Gasteiger partial charge in [-0.2, -0.15) is 13.2 Å².